The number of hydrogen-bond donors (Lipinski definition) is 1. The van der Waals surface area contributed by atoms with E-state index in [0.29, 0.717) is 17.3 Å². The zero-order valence-corrected chi connectivity index (χ0v) is 23.8. The molecule has 8 atom stereocenters. The molecule has 4 unspecified atom stereocenters. The highest BCUT2D eigenvalue weighted by Crippen LogP contribution is 2.67. The van der Waals surface area contributed by atoms with Crippen LogP contribution >= 0.6 is 0 Å². The van der Waals surface area contributed by atoms with Crippen molar-refractivity contribution in [3.63, 3.8) is 0 Å². The summed E-state index contributed by atoms with van der Waals surface area (Å²) in [6.07, 6.45) is 23.2. The third kappa shape index (κ3) is 5.72. The van der Waals surface area contributed by atoms with Crippen molar-refractivity contribution >= 4 is 5.97 Å². The third-order valence-electron chi connectivity index (χ3n) is 11.9. The van der Waals surface area contributed by atoms with Crippen LogP contribution in [0, 0.1) is 52.3 Å². The van der Waals surface area contributed by atoms with Gasteiger partial charge in [0.25, 0.3) is 0 Å². The Balaban J connectivity index is 1.36. The largest absolute Gasteiger partial charge is 0.481 e. The lowest BCUT2D eigenvalue weighted by Crippen LogP contribution is -2.50. The van der Waals surface area contributed by atoms with Crippen molar-refractivity contribution in [2.75, 3.05) is 0 Å². The lowest BCUT2D eigenvalue weighted by Gasteiger charge is -2.58. The molecule has 2 nitrogen and oxygen atoms in total. The Bertz CT molecular complexity index is 752. The third-order valence-corrected chi connectivity index (χ3v) is 11.9. The predicted molar refractivity (Wildman–Crippen MR) is 147 cm³/mol. The lowest BCUT2D eigenvalue weighted by atomic mass is 9.46. The normalized spacial score (nSPS) is 39.5. The van der Waals surface area contributed by atoms with E-state index in [1.165, 1.54) is 83.5 Å². The number of hydrogen-bond acceptors (Lipinski definition) is 1. The summed E-state index contributed by atoms with van der Waals surface area (Å²) < 4.78 is 0. The number of carboxylic acid groups (broad SMARTS) is 1. The smallest absolute Gasteiger partial charge is 0.303 e. The average Bonchev–Trinajstić information content (AvgIpc) is 3.15. The summed E-state index contributed by atoms with van der Waals surface area (Å²) >= 11 is 0. The summed E-state index contributed by atoms with van der Waals surface area (Å²) in [4.78, 5) is 10.8. The minimum Gasteiger partial charge on any atom is -0.481 e. The molecule has 4 aliphatic rings. The van der Waals surface area contributed by atoms with Gasteiger partial charge in [-0.1, -0.05) is 84.8 Å². The maximum atomic E-state index is 10.8. The fourth-order valence-corrected chi connectivity index (χ4v) is 9.89. The van der Waals surface area contributed by atoms with Gasteiger partial charge in [0.15, 0.2) is 0 Å². The van der Waals surface area contributed by atoms with Crippen molar-refractivity contribution in [3.05, 3.63) is 11.6 Å². The van der Waals surface area contributed by atoms with Crippen LogP contribution < -0.4 is 0 Å². The molecule has 0 saturated heterocycles. The molecular formula is C33H56O2. The van der Waals surface area contributed by atoms with E-state index in [1.54, 1.807) is 0 Å². The van der Waals surface area contributed by atoms with Crippen molar-refractivity contribution in [1.29, 1.82) is 0 Å². The van der Waals surface area contributed by atoms with Gasteiger partial charge in [0.2, 0.25) is 0 Å². The number of allylic oxidation sites excluding steroid dienone is 2. The molecule has 1 N–H and O–H groups in total. The van der Waals surface area contributed by atoms with Crippen molar-refractivity contribution in [2.45, 2.75) is 137 Å². The molecule has 0 radical (unpaired) electrons. The molecule has 2 heteroatoms. The number of carbonyl (C=O) groups is 1. The second kappa shape index (κ2) is 11.3. The van der Waals surface area contributed by atoms with Crippen molar-refractivity contribution in [3.8, 4) is 0 Å². The van der Waals surface area contributed by atoms with Crippen molar-refractivity contribution in [1.82, 2.24) is 0 Å². The Kier molecular flexibility index (Phi) is 8.80. The minimum atomic E-state index is -0.641. The van der Waals surface area contributed by atoms with Gasteiger partial charge in [-0.25, -0.2) is 0 Å². The molecule has 35 heavy (non-hydrogen) atoms. The second-order valence-electron chi connectivity index (χ2n) is 14.4. The van der Waals surface area contributed by atoms with E-state index in [-0.39, 0.29) is 0 Å². The van der Waals surface area contributed by atoms with Gasteiger partial charge in [-0.05, 0) is 110 Å². The molecule has 3 saturated carbocycles. The summed E-state index contributed by atoms with van der Waals surface area (Å²) in [6.45, 7) is 12.7. The fraction of sp³-hybridized carbons (Fsp3) is 0.909. The highest BCUT2D eigenvalue weighted by Gasteiger charge is 2.59. The highest BCUT2D eigenvalue weighted by atomic mass is 16.4. The van der Waals surface area contributed by atoms with Crippen LogP contribution in [0.5, 0.6) is 0 Å². The Morgan fingerprint density at radius 3 is 2.51 bits per heavy atom. The quantitative estimate of drug-likeness (QED) is 0.234. The van der Waals surface area contributed by atoms with E-state index in [2.05, 4.69) is 40.7 Å². The molecule has 200 valence electrons. The van der Waals surface area contributed by atoms with Crippen molar-refractivity contribution < 1.29 is 9.90 Å². The molecule has 0 spiro atoms. The first-order valence-electron chi connectivity index (χ1n) is 15.6. The summed E-state index contributed by atoms with van der Waals surface area (Å²) in [6, 6.07) is 0. The number of carboxylic acids is 1. The number of rotatable bonds is 11. The monoisotopic (exact) mass is 484 g/mol. The zero-order chi connectivity index (χ0) is 25.2. The van der Waals surface area contributed by atoms with Gasteiger partial charge in [-0.2, -0.15) is 0 Å². The van der Waals surface area contributed by atoms with E-state index >= 15 is 0 Å². The van der Waals surface area contributed by atoms with Crippen LogP contribution in [0.4, 0.5) is 0 Å². The predicted octanol–water partition coefficient (Wildman–Crippen LogP) is 9.68. The summed E-state index contributed by atoms with van der Waals surface area (Å²) in [5.41, 5.74) is 2.87. The summed E-state index contributed by atoms with van der Waals surface area (Å²) in [5.74, 6) is 5.72. The molecule has 0 bridgehead atoms. The van der Waals surface area contributed by atoms with Gasteiger partial charge in [-0.3, -0.25) is 4.79 Å². The number of aliphatic carboxylic acids is 1. The average molecular weight is 485 g/mol. The van der Waals surface area contributed by atoms with Crippen LogP contribution in [0.15, 0.2) is 11.6 Å². The van der Waals surface area contributed by atoms with E-state index in [9.17, 15) is 4.79 Å². The number of fused-ring (bicyclic) bond motifs is 5. The fourth-order valence-electron chi connectivity index (χ4n) is 9.89. The molecule has 3 fully saturated rings. The first kappa shape index (κ1) is 27.3. The summed E-state index contributed by atoms with van der Waals surface area (Å²) in [5, 5.41) is 8.87. The molecule has 0 aromatic heterocycles. The van der Waals surface area contributed by atoms with Crippen LogP contribution in [0.3, 0.4) is 0 Å². The van der Waals surface area contributed by atoms with Gasteiger partial charge in [-0.15, -0.1) is 0 Å². The standard InChI is InChI=1S/C33H56O2/c1-23(2)10-9-11-24(3)28-16-17-29-27-15-14-26-22-25(12-7-6-8-13-31(34)35)18-20-32(26,4)30(27)19-21-33(28,29)5/h14,23-25,27-30H,6-13,15-22H2,1-5H3,(H,34,35)/t24-,25?,27?,28-,29?,30?,32+,33-/m1/s1. The highest BCUT2D eigenvalue weighted by molar-refractivity contribution is 5.66. The topological polar surface area (TPSA) is 37.3 Å². The Morgan fingerprint density at radius 2 is 1.77 bits per heavy atom. The van der Waals surface area contributed by atoms with Gasteiger partial charge in [0, 0.05) is 6.42 Å². The van der Waals surface area contributed by atoms with Crippen LogP contribution in [0.25, 0.3) is 0 Å². The van der Waals surface area contributed by atoms with Gasteiger partial charge >= 0.3 is 5.97 Å². The SMILES string of the molecule is CC(C)CCC[C@@H](C)[C@H]1CCC2C3CC=C4CC(CCCCCC(=O)O)CC[C@]4(C)C3CC[C@@]21C. The molecule has 0 aromatic rings. The van der Waals surface area contributed by atoms with Gasteiger partial charge in [0.1, 0.15) is 0 Å². The first-order valence-corrected chi connectivity index (χ1v) is 15.6. The van der Waals surface area contributed by atoms with Gasteiger partial charge in [0.05, 0.1) is 0 Å². The maximum Gasteiger partial charge on any atom is 0.303 e. The first-order chi connectivity index (χ1) is 16.6. The van der Waals surface area contributed by atoms with Gasteiger partial charge < -0.3 is 5.11 Å². The van der Waals surface area contributed by atoms with Crippen LogP contribution in [-0.2, 0) is 4.79 Å². The van der Waals surface area contributed by atoms with Crippen molar-refractivity contribution in [2.24, 2.45) is 52.3 Å². The number of unbranched alkanes of at least 4 members (excludes halogenated alkanes) is 2. The molecule has 4 aliphatic carbocycles. The van der Waals surface area contributed by atoms with E-state index < -0.39 is 5.97 Å². The maximum absolute atomic E-state index is 10.8. The Hall–Kier alpha value is -0.790. The molecule has 4 rings (SSSR count). The lowest BCUT2D eigenvalue weighted by molar-refractivity contribution is -0.137. The minimum absolute atomic E-state index is 0.342. The van der Waals surface area contributed by atoms with E-state index in [0.717, 1.165) is 54.3 Å². The molecule has 0 heterocycles. The summed E-state index contributed by atoms with van der Waals surface area (Å²) in [7, 11) is 0. The van der Waals surface area contributed by atoms with E-state index in [1.807, 2.05) is 5.57 Å². The van der Waals surface area contributed by atoms with Crippen LogP contribution in [-0.4, -0.2) is 11.1 Å². The molecule has 0 aromatic carbocycles. The second-order valence-corrected chi connectivity index (χ2v) is 14.4. The van der Waals surface area contributed by atoms with Crippen LogP contribution in [0.2, 0.25) is 0 Å². The Morgan fingerprint density at radius 1 is 0.971 bits per heavy atom. The van der Waals surface area contributed by atoms with Crippen LogP contribution in [0.1, 0.15) is 137 Å². The molecule has 0 amide bonds. The molecular weight excluding hydrogens is 428 g/mol. The zero-order valence-electron chi connectivity index (χ0n) is 23.8. The van der Waals surface area contributed by atoms with E-state index in [4.69, 9.17) is 5.11 Å². The molecule has 0 aliphatic heterocycles. The Labute approximate surface area is 217 Å².